The van der Waals surface area contributed by atoms with Gasteiger partial charge in [-0.3, -0.25) is 4.79 Å². The molecule has 0 amide bonds. The third kappa shape index (κ3) is 4.06. The number of rotatable bonds is 5. The average molecular weight is 236 g/mol. The van der Waals surface area contributed by atoms with E-state index in [1.54, 1.807) is 31.2 Å². The molecular weight excluding hydrogens is 224 g/mol. The van der Waals surface area contributed by atoms with E-state index in [4.69, 9.17) is 0 Å². The van der Waals surface area contributed by atoms with Crippen molar-refractivity contribution in [3.63, 3.8) is 0 Å². The highest BCUT2D eigenvalue weighted by Gasteiger charge is 2.25. The van der Waals surface area contributed by atoms with Gasteiger partial charge < -0.3 is 9.47 Å². The zero-order chi connectivity index (χ0) is 12.7. The van der Waals surface area contributed by atoms with Crippen molar-refractivity contribution in [3.05, 3.63) is 35.9 Å². The molecule has 0 bridgehead atoms. The summed E-state index contributed by atoms with van der Waals surface area (Å²) in [6.45, 7) is 1.53. The Morgan fingerprint density at radius 2 is 1.59 bits per heavy atom. The molecule has 0 heterocycles. The van der Waals surface area contributed by atoms with Gasteiger partial charge in [0.15, 0.2) is 0 Å². The monoisotopic (exact) mass is 236 g/mol. The summed E-state index contributed by atoms with van der Waals surface area (Å²) in [5, 5.41) is 0. The van der Waals surface area contributed by atoms with Crippen LogP contribution in [-0.2, 0) is 30.5 Å². The molecule has 1 aromatic carbocycles. The van der Waals surface area contributed by atoms with Crippen LogP contribution in [0.15, 0.2) is 30.3 Å². The van der Waals surface area contributed by atoms with Crippen LogP contribution in [0.5, 0.6) is 0 Å². The van der Waals surface area contributed by atoms with Crippen molar-refractivity contribution in [1.82, 2.24) is 0 Å². The Morgan fingerprint density at radius 1 is 1.00 bits per heavy atom. The standard InChI is InChI=1S/C12H12O5/c1-2-16-11(14)10(13)12(15)17-8-9-6-4-3-5-7-9/h3-7H,2,8H2,1H3. The minimum absolute atomic E-state index is 0.0382. The molecule has 5 heteroatoms. The predicted molar refractivity (Wildman–Crippen MR) is 57.9 cm³/mol. The second-order valence-corrected chi connectivity index (χ2v) is 3.11. The van der Waals surface area contributed by atoms with Crippen LogP contribution in [-0.4, -0.2) is 24.3 Å². The van der Waals surface area contributed by atoms with E-state index in [0.717, 1.165) is 5.56 Å². The molecule has 5 nitrogen and oxygen atoms in total. The van der Waals surface area contributed by atoms with Gasteiger partial charge in [0.25, 0.3) is 0 Å². The topological polar surface area (TPSA) is 69.7 Å². The molecule has 0 aliphatic heterocycles. The molecule has 0 fully saturated rings. The summed E-state index contributed by atoms with van der Waals surface area (Å²) in [6.07, 6.45) is 0. The maximum Gasteiger partial charge on any atom is 0.387 e. The second-order valence-electron chi connectivity index (χ2n) is 3.11. The smallest absolute Gasteiger partial charge is 0.387 e. The molecule has 0 aromatic heterocycles. The molecular formula is C12H12O5. The van der Waals surface area contributed by atoms with E-state index in [2.05, 4.69) is 9.47 Å². The molecule has 0 unspecified atom stereocenters. The van der Waals surface area contributed by atoms with Crippen LogP contribution in [0.2, 0.25) is 0 Å². The molecule has 1 rings (SSSR count). The Bertz CT molecular complexity index is 410. The van der Waals surface area contributed by atoms with Gasteiger partial charge in [0.1, 0.15) is 6.61 Å². The Balaban J connectivity index is 2.45. The highest BCUT2D eigenvalue weighted by Crippen LogP contribution is 2.01. The van der Waals surface area contributed by atoms with Crippen LogP contribution in [0.3, 0.4) is 0 Å². The normalized spacial score (nSPS) is 9.47. The van der Waals surface area contributed by atoms with Crippen molar-refractivity contribution in [2.75, 3.05) is 6.61 Å². The summed E-state index contributed by atoms with van der Waals surface area (Å²) in [5.74, 6) is -3.68. The summed E-state index contributed by atoms with van der Waals surface area (Å²) in [6, 6.07) is 8.84. The van der Waals surface area contributed by atoms with Crippen LogP contribution < -0.4 is 0 Å². The van der Waals surface area contributed by atoms with E-state index >= 15 is 0 Å². The quantitative estimate of drug-likeness (QED) is 0.431. The maximum absolute atomic E-state index is 11.2. The number of hydrogen-bond acceptors (Lipinski definition) is 5. The average Bonchev–Trinajstić information content (AvgIpc) is 2.36. The number of ketones is 1. The minimum atomic E-state index is -1.29. The van der Waals surface area contributed by atoms with Gasteiger partial charge in [-0.1, -0.05) is 30.3 Å². The molecule has 1 aromatic rings. The highest BCUT2D eigenvalue weighted by molar-refractivity contribution is 6.60. The lowest BCUT2D eigenvalue weighted by Gasteiger charge is -2.03. The maximum atomic E-state index is 11.2. The Kier molecular flexibility index (Phi) is 4.87. The van der Waals surface area contributed by atoms with Crippen molar-refractivity contribution in [2.45, 2.75) is 13.5 Å². The first-order chi connectivity index (χ1) is 8.15. The molecule has 17 heavy (non-hydrogen) atoms. The Labute approximate surface area is 98.3 Å². The third-order valence-corrected chi connectivity index (χ3v) is 1.86. The first-order valence-electron chi connectivity index (χ1n) is 5.07. The SMILES string of the molecule is CCOC(=O)C(=O)C(=O)OCc1ccccc1. The van der Waals surface area contributed by atoms with Crippen LogP contribution in [0.1, 0.15) is 12.5 Å². The Morgan fingerprint density at radius 3 is 2.18 bits per heavy atom. The van der Waals surface area contributed by atoms with Gasteiger partial charge in [0, 0.05) is 0 Å². The zero-order valence-electron chi connectivity index (χ0n) is 9.34. The van der Waals surface area contributed by atoms with Gasteiger partial charge in [-0.15, -0.1) is 0 Å². The van der Waals surface area contributed by atoms with E-state index < -0.39 is 17.7 Å². The van der Waals surface area contributed by atoms with E-state index in [0.29, 0.717) is 0 Å². The van der Waals surface area contributed by atoms with Crippen molar-refractivity contribution < 1.29 is 23.9 Å². The van der Waals surface area contributed by atoms with E-state index in [1.807, 2.05) is 6.07 Å². The summed E-state index contributed by atoms with van der Waals surface area (Å²) in [4.78, 5) is 33.2. The first kappa shape index (κ1) is 12.9. The van der Waals surface area contributed by atoms with Crippen LogP contribution >= 0.6 is 0 Å². The van der Waals surface area contributed by atoms with Gasteiger partial charge in [-0.05, 0) is 12.5 Å². The number of ether oxygens (including phenoxy) is 2. The summed E-state index contributed by atoms with van der Waals surface area (Å²) in [5.41, 5.74) is 0.734. The van der Waals surface area contributed by atoms with Crippen molar-refractivity contribution >= 4 is 17.7 Å². The fourth-order valence-corrected chi connectivity index (χ4v) is 1.07. The molecule has 0 N–H and O–H groups in total. The van der Waals surface area contributed by atoms with Crippen LogP contribution in [0, 0.1) is 0 Å². The molecule has 0 radical (unpaired) electrons. The van der Waals surface area contributed by atoms with E-state index in [9.17, 15) is 14.4 Å². The lowest BCUT2D eigenvalue weighted by molar-refractivity contribution is -0.164. The van der Waals surface area contributed by atoms with E-state index in [-0.39, 0.29) is 13.2 Å². The van der Waals surface area contributed by atoms with Crippen molar-refractivity contribution in [1.29, 1.82) is 0 Å². The summed E-state index contributed by atoms with van der Waals surface area (Å²) < 4.78 is 9.06. The lowest BCUT2D eigenvalue weighted by Crippen LogP contribution is -2.27. The molecule has 0 aliphatic rings. The first-order valence-corrected chi connectivity index (χ1v) is 5.07. The number of Topliss-reactive ketones (excluding diaryl/α,β-unsaturated/α-hetero) is 1. The predicted octanol–water partition coefficient (Wildman–Crippen LogP) is 0.862. The zero-order valence-corrected chi connectivity index (χ0v) is 9.34. The fourth-order valence-electron chi connectivity index (χ4n) is 1.07. The summed E-state index contributed by atoms with van der Waals surface area (Å²) >= 11 is 0. The number of benzene rings is 1. The van der Waals surface area contributed by atoms with E-state index in [1.165, 1.54) is 0 Å². The largest absolute Gasteiger partial charge is 0.460 e. The van der Waals surface area contributed by atoms with Crippen LogP contribution in [0.4, 0.5) is 0 Å². The molecule has 0 aliphatic carbocycles. The Hall–Kier alpha value is -2.17. The van der Waals surface area contributed by atoms with Gasteiger partial charge in [-0.25, -0.2) is 9.59 Å². The van der Waals surface area contributed by atoms with Gasteiger partial charge >= 0.3 is 17.7 Å². The molecule has 90 valence electrons. The van der Waals surface area contributed by atoms with Gasteiger partial charge in [0.05, 0.1) is 6.61 Å². The highest BCUT2D eigenvalue weighted by atomic mass is 16.6. The fraction of sp³-hybridized carbons (Fsp3) is 0.250. The third-order valence-electron chi connectivity index (χ3n) is 1.86. The lowest BCUT2D eigenvalue weighted by atomic mass is 10.2. The molecule has 0 atom stereocenters. The summed E-state index contributed by atoms with van der Waals surface area (Å²) in [7, 11) is 0. The van der Waals surface area contributed by atoms with Crippen molar-refractivity contribution in [2.24, 2.45) is 0 Å². The minimum Gasteiger partial charge on any atom is -0.460 e. The molecule has 0 spiro atoms. The van der Waals surface area contributed by atoms with Gasteiger partial charge in [-0.2, -0.15) is 0 Å². The number of carbonyl (C=O) groups is 3. The molecule has 0 saturated carbocycles. The van der Waals surface area contributed by atoms with Gasteiger partial charge in [0.2, 0.25) is 0 Å². The molecule has 0 saturated heterocycles. The second kappa shape index (κ2) is 6.42. The van der Waals surface area contributed by atoms with Crippen LogP contribution in [0.25, 0.3) is 0 Å². The van der Waals surface area contributed by atoms with Crippen molar-refractivity contribution in [3.8, 4) is 0 Å². The number of hydrogen-bond donors (Lipinski definition) is 0. The number of esters is 2. The number of carbonyl (C=O) groups excluding carboxylic acids is 3.